The van der Waals surface area contributed by atoms with Crippen LogP contribution in [0.15, 0.2) is 53.7 Å². The first-order valence-electron chi connectivity index (χ1n) is 8.28. The second-order valence-electron chi connectivity index (χ2n) is 6.36. The molecule has 0 aromatic heterocycles. The molecule has 0 fully saturated rings. The van der Waals surface area contributed by atoms with E-state index in [9.17, 15) is 4.79 Å². The van der Waals surface area contributed by atoms with E-state index in [1.54, 1.807) is 6.07 Å². The molecule has 0 saturated heterocycles. The van der Waals surface area contributed by atoms with Gasteiger partial charge < -0.3 is 16.0 Å². The van der Waals surface area contributed by atoms with Crippen LogP contribution in [-0.2, 0) is 4.79 Å². The molecule has 2 aromatic carbocycles. The summed E-state index contributed by atoms with van der Waals surface area (Å²) >= 11 is 11.7. The van der Waals surface area contributed by atoms with E-state index in [0.717, 1.165) is 22.4 Å². The number of hydrogen-bond donors (Lipinski definition) is 3. The third-order valence-electron chi connectivity index (χ3n) is 4.37. The summed E-state index contributed by atoms with van der Waals surface area (Å²) < 4.78 is 0. The molecular formula is C20H20ClN3OS. The first-order chi connectivity index (χ1) is 12.4. The maximum atomic E-state index is 13.1. The molecule has 1 aliphatic rings. The average molecular weight is 386 g/mol. The van der Waals surface area contributed by atoms with Gasteiger partial charge in [0.05, 0.1) is 11.6 Å². The lowest BCUT2D eigenvalue weighted by molar-refractivity contribution is -0.113. The lowest BCUT2D eigenvalue weighted by Crippen LogP contribution is -2.45. The van der Waals surface area contributed by atoms with E-state index in [1.807, 2.05) is 57.2 Å². The summed E-state index contributed by atoms with van der Waals surface area (Å²) in [5, 5.41) is 10.3. The van der Waals surface area contributed by atoms with Crippen molar-refractivity contribution in [3.63, 3.8) is 0 Å². The summed E-state index contributed by atoms with van der Waals surface area (Å²) in [6, 6.07) is 13.0. The third-order valence-corrected chi connectivity index (χ3v) is 4.94. The number of hydrogen-bond acceptors (Lipinski definition) is 2. The molecule has 0 saturated carbocycles. The zero-order valence-corrected chi connectivity index (χ0v) is 16.4. The molecule has 1 amide bonds. The second-order valence-corrected chi connectivity index (χ2v) is 7.18. The standard InChI is InChI=1S/C20H20ClN3OS/c1-11-8-9-12(2)16(10-11)23-19(25)17-13(3)22-20(26)24-18(17)14-6-4-5-7-15(14)21/h4-10,18H,1-3H3,(H,23,25)(H2,22,24,26)/t18-/m1/s1. The maximum Gasteiger partial charge on any atom is 0.255 e. The number of aryl methyl sites for hydroxylation is 2. The average Bonchev–Trinajstić information content (AvgIpc) is 2.57. The van der Waals surface area contributed by atoms with E-state index in [2.05, 4.69) is 16.0 Å². The Labute approximate surface area is 163 Å². The first-order valence-corrected chi connectivity index (χ1v) is 9.06. The van der Waals surface area contributed by atoms with Gasteiger partial charge in [0.25, 0.3) is 5.91 Å². The largest absolute Gasteiger partial charge is 0.351 e. The fourth-order valence-corrected chi connectivity index (χ4v) is 3.51. The van der Waals surface area contributed by atoms with Crippen molar-refractivity contribution in [2.75, 3.05) is 5.32 Å². The molecule has 134 valence electrons. The van der Waals surface area contributed by atoms with Crippen molar-refractivity contribution < 1.29 is 4.79 Å². The van der Waals surface area contributed by atoms with E-state index in [1.165, 1.54) is 0 Å². The quantitative estimate of drug-likeness (QED) is 0.686. The summed E-state index contributed by atoms with van der Waals surface area (Å²) in [6.45, 7) is 5.80. The predicted octanol–water partition coefficient (Wildman–Crippen LogP) is 4.39. The highest BCUT2D eigenvalue weighted by atomic mass is 35.5. The minimum Gasteiger partial charge on any atom is -0.351 e. The highest BCUT2D eigenvalue weighted by Crippen LogP contribution is 2.32. The number of halogens is 1. The van der Waals surface area contributed by atoms with E-state index in [-0.39, 0.29) is 5.91 Å². The summed E-state index contributed by atoms with van der Waals surface area (Å²) in [5.41, 5.74) is 4.96. The molecule has 1 atom stereocenters. The third kappa shape index (κ3) is 3.74. The van der Waals surface area contributed by atoms with Gasteiger partial charge in [-0.1, -0.05) is 41.9 Å². The van der Waals surface area contributed by atoms with Crippen molar-refractivity contribution in [3.8, 4) is 0 Å². The van der Waals surface area contributed by atoms with Crippen molar-refractivity contribution in [1.82, 2.24) is 10.6 Å². The molecule has 0 bridgehead atoms. The van der Waals surface area contributed by atoms with E-state index >= 15 is 0 Å². The Balaban J connectivity index is 2.00. The summed E-state index contributed by atoms with van der Waals surface area (Å²) in [4.78, 5) is 13.1. The highest BCUT2D eigenvalue weighted by molar-refractivity contribution is 7.80. The number of anilines is 1. The predicted molar refractivity (Wildman–Crippen MR) is 110 cm³/mol. The van der Waals surface area contributed by atoms with Crippen molar-refractivity contribution in [2.45, 2.75) is 26.8 Å². The van der Waals surface area contributed by atoms with Gasteiger partial charge in [0.2, 0.25) is 0 Å². The van der Waals surface area contributed by atoms with Gasteiger partial charge in [-0.05, 0) is 61.8 Å². The van der Waals surface area contributed by atoms with Crippen LogP contribution in [-0.4, -0.2) is 11.0 Å². The Kier molecular flexibility index (Phi) is 5.30. The molecule has 1 aliphatic heterocycles. The van der Waals surface area contributed by atoms with Crippen molar-refractivity contribution >= 4 is 40.5 Å². The van der Waals surface area contributed by atoms with Gasteiger partial charge in [-0.2, -0.15) is 0 Å². The minimum absolute atomic E-state index is 0.191. The van der Waals surface area contributed by atoms with Gasteiger partial charge in [0.1, 0.15) is 0 Å². The van der Waals surface area contributed by atoms with Crippen molar-refractivity contribution in [2.24, 2.45) is 0 Å². The molecule has 3 rings (SSSR count). The molecule has 0 radical (unpaired) electrons. The number of nitrogens with one attached hydrogen (secondary N) is 3. The normalized spacial score (nSPS) is 16.8. The molecule has 3 N–H and O–H groups in total. The maximum absolute atomic E-state index is 13.1. The minimum atomic E-state index is -0.414. The summed E-state index contributed by atoms with van der Waals surface area (Å²) in [7, 11) is 0. The molecular weight excluding hydrogens is 366 g/mol. The fraction of sp³-hybridized carbons (Fsp3) is 0.200. The molecule has 0 aliphatic carbocycles. The van der Waals surface area contributed by atoms with E-state index in [0.29, 0.717) is 21.4 Å². The molecule has 4 nitrogen and oxygen atoms in total. The van der Waals surface area contributed by atoms with Gasteiger partial charge in [0, 0.05) is 16.4 Å². The topological polar surface area (TPSA) is 53.2 Å². The smallest absolute Gasteiger partial charge is 0.255 e. The van der Waals surface area contributed by atoms with Crippen LogP contribution in [0.5, 0.6) is 0 Å². The highest BCUT2D eigenvalue weighted by Gasteiger charge is 2.31. The van der Waals surface area contributed by atoms with Gasteiger partial charge in [-0.25, -0.2) is 0 Å². The van der Waals surface area contributed by atoms with Crippen LogP contribution >= 0.6 is 23.8 Å². The van der Waals surface area contributed by atoms with Gasteiger partial charge in [-0.3, -0.25) is 4.79 Å². The number of carbonyl (C=O) groups excluding carboxylic acids is 1. The summed E-state index contributed by atoms with van der Waals surface area (Å²) in [6.07, 6.45) is 0. The summed E-state index contributed by atoms with van der Waals surface area (Å²) in [5.74, 6) is -0.191. The number of rotatable bonds is 3. The van der Waals surface area contributed by atoms with Crippen LogP contribution in [0.25, 0.3) is 0 Å². The van der Waals surface area contributed by atoms with Crippen LogP contribution < -0.4 is 16.0 Å². The Bertz CT molecular complexity index is 923. The molecule has 6 heteroatoms. The molecule has 1 heterocycles. The van der Waals surface area contributed by atoms with Crippen LogP contribution in [0.2, 0.25) is 5.02 Å². The van der Waals surface area contributed by atoms with Crippen LogP contribution in [0.4, 0.5) is 5.69 Å². The number of carbonyl (C=O) groups is 1. The van der Waals surface area contributed by atoms with Gasteiger partial charge in [0.15, 0.2) is 5.11 Å². The SMILES string of the molecule is CC1=C(C(=O)Nc2cc(C)ccc2C)[C@@H](c2ccccc2Cl)NC(=S)N1. The lowest BCUT2D eigenvalue weighted by Gasteiger charge is -2.31. The van der Waals surface area contributed by atoms with Crippen LogP contribution in [0.3, 0.4) is 0 Å². The number of allylic oxidation sites excluding steroid dienone is 1. The second kappa shape index (κ2) is 7.48. The number of benzene rings is 2. The molecule has 2 aromatic rings. The number of amides is 1. The van der Waals surface area contributed by atoms with E-state index in [4.69, 9.17) is 23.8 Å². The van der Waals surface area contributed by atoms with Gasteiger partial charge >= 0.3 is 0 Å². The Morgan fingerprint density at radius 2 is 1.88 bits per heavy atom. The zero-order valence-electron chi connectivity index (χ0n) is 14.8. The molecule has 26 heavy (non-hydrogen) atoms. The fourth-order valence-electron chi connectivity index (χ4n) is 3.00. The van der Waals surface area contributed by atoms with Gasteiger partial charge in [-0.15, -0.1) is 0 Å². The lowest BCUT2D eigenvalue weighted by atomic mass is 9.94. The Hall–Kier alpha value is -2.37. The van der Waals surface area contributed by atoms with Crippen LogP contribution in [0.1, 0.15) is 29.7 Å². The Morgan fingerprint density at radius 3 is 2.62 bits per heavy atom. The van der Waals surface area contributed by atoms with E-state index < -0.39 is 6.04 Å². The van der Waals surface area contributed by atoms with Crippen molar-refractivity contribution in [3.05, 3.63) is 75.4 Å². The van der Waals surface area contributed by atoms with Crippen LogP contribution in [0, 0.1) is 13.8 Å². The van der Waals surface area contributed by atoms with Crippen molar-refractivity contribution in [1.29, 1.82) is 0 Å². The molecule has 0 spiro atoms. The monoisotopic (exact) mass is 385 g/mol. The first kappa shape index (κ1) is 18.4. The zero-order chi connectivity index (χ0) is 18.8. The molecule has 0 unspecified atom stereocenters. The number of thiocarbonyl (C=S) groups is 1. The Morgan fingerprint density at radius 1 is 1.15 bits per heavy atom.